The third-order valence-corrected chi connectivity index (χ3v) is 10.7. The van der Waals surface area contributed by atoms with E-state index in [4.69, 9.17) is 9.31 Å². The Balaban J connectivity index is 1.39. The van der Waals surface area contributed by atoms with Crippen LogP contribution in [-0.4, -0.2) is 18.3 Å². The first-order valence-electron chi connectivity index (χ1n) is 15.9. The SMILES string of the molecule is CC1(C)OB(c2ccc3c(c2)N(c2ccccc2)c2ccccc2C32c3ccccc3-c3c2ccc2ccccc32)OC1(C)C. The Bertz CT molecular complexity index is 2140. The Morgan fingerprint density at radius 1 is 0.533 bits per heavy atom. The second-order valence-electron chi connectivity index (χ2n) is 13.6. The molecule has 4 heteroatoms. The quantitative estimate of drug-likeness (QED) is 0.189. The Morgan fingerprint density at radius 3 is 1.96 bits per heavy atom. The molecule has 1 unspecified atom stereocenters. The first kappa shape index (κ1) is 26.7. The minimum absolute atomic E-state index is 0.426. The lowest BCUT2D eigenvalue weighted by molar-refractivity contribution is 0.00578. The molecule has 0 amide bonds. The van der Waals surface area contributed by atoms with Gasteiger partial charge in [-0.15, -0.1) is 0 Å². The number of benzene rings is 6. The maximum Gasteiger partial charge on any atom is 0.494 e. The zero-order valence-electron chi connectivity index (χ0n) is 26.0. The predicted octanol–water partition coefficient (Wildman–Crippen LogP) is 9.29. The zero-order chi connectivity index (χ0) is 30.6. The molecule has 3 nitrogen and oxygen atoms in total. The monoisotopic (exact) mass is 583 g/mol. The number of rotatable bonds is 2. The topological polar surface area (TPSA) is 21.7 Å². The molecule has 0 N–H and O–H groups in total. The van der Waals surface area contributed by atoms with Crippen molar-refractivity contribution in [3.63, 3.8) is 0 Å². The van der Waals surface area contributed by atoms with E-state index >= 15 is 0 Å². The second-order valence-corrected chi connectivity index (χ2v) is 13.6. The number of para-hydroxylation sites is 2. The van der Waals surface area contributed by atoms with E-state index in [0.717, 1.165) is 16.8 Å². The zero-order valence-corrected chi connectivity index (χ0v) is 26.0. The number of hydrogen-bond acceptors (Lipinski definition) is 3. The van der Waals surface area contributed by atoms with Gasteiger partial charge in [-0.25, -0.2) is 0 Å². The van der Waals surface area contributed by atoms with Gasteiger partial charge in [0.1, 0.15) is 0 Å². The number of hydrogen-bond donors (Lipinski definition) is 0. The van der Waals surface area contributed by atoms with Crippen LogP contribution in [0.15, 0.2) is 133 Å². The molecule has 1 atom stereocenters. The van der Waals surface area contributed by atoms with Gasteiger partial charge in [0, 0.05) is 5.69 Å². The van der Waals surface area contributed by atoms with E-state index < -0.39 is 23.7 Å². The minimum Gasteiger partial charge on any atom is -0.399 e. The van der Waals surface area contributed by atoms with E-state index in [1.807, 2.05) is 0 Å². The molecule has 2 heterocycles. The molecule has 6 aromatic rings. The summed E-state index contributed by atoms with van der Waals surface area (Å²) in [5.74, 6) is 0. The molecule has 1 aliphatic carbocycles. The molecular formula is C41H34BNO2. The van der Waals surface area contributed by atoms with Crippen LogP contribution < -0.4 is 10.4 Å². The fraction of sp³-hybridized carbons (Fsp3) is 0.171. The molecule has 2 aliphatic heterocycles. The average Bonchev–Trinajstić information content (AvgIpc) is 3.48. The largest absolute Gasteiger partial charge is 0.494 e. The van der Waals surface area contributed by atoms with Gasteiger partial charge in [0.15, 0.2) is 0 Å². The van der Waals surface area contributed by atoms with Crippen LogP contribution in [-0.2, 0) is 14.7 Å². The van der Waals surface area contributed by atoms with Crippen molar-refractivity contribution in [1.82, 2.24) is 0 Å². The molecule has 9 rings (SSSR count). The molecule has 0 aromatic heterocycles. The van der Waals surface area contributed by atoms with Crippen molar-refractivity contribution >= 4 is 40.4 Å². The third kappa shape index (κ3) is 3.50. The summed E-state index contributed by atoms with van der Waals surface area (Å²) in [5.41, 5.74) is 10.9. The van der Waals surface area contributed by atoms with Crippen molar-refractivity contribution in [3.05, 3.63) is 156 Å². The molecule has 1 saturated heterocycles. The van der Waals surface area contributed by atoms with Gasteiger partial charge in [-0.1, -0.05) is 109 Å². The first-order valence-corrected chi connectivity index (χ1v) is 15.9. The average molecular weight is 584 g/mol. The van der Waals surface area contributed by atoms with Gasteiger partial charge in [0.25, 0.3) is 0 Å². The second kappa shape index (κ2) is 9.20. The Kier molecular flexibility index (Phi) is 5.47. The van der Waals surface area contributed by atoms with Crippen molar-refractivity contribution in [3.8, 4) is 11.1 Å². The highest BCUT2D eigenvalue weighted by atomic mass is 16.7. The Labute approximate surface area is 265 Å². The smallest absolute Gasteiger partial charge is 0.399 e. The molecule has 0 bridgehead atoms. The summed E-state index contributed by atoms with van der Waals surface area (Å²) < 4.78 is 13.2. The van der Waals surface area contributed by atoms with Crippen molar-refractivity contribution in [2.45, 2.75) is 44.3 Å². The maximum atomic E-state index is 6.59. The van der Waals surface area contributed by atoms with Crippen molar-refractivity contribution < 1.29 is 9.31 Å². The van der Waals surface area contributed by atoms with E-state index in [9.17, 15) is 0 Å². The molecule has 1 fully saturated rings. The van der Waals surface area contributed by atoms with Crippen molar-refractivity contribution in [1.29, 1.82) is 0 Å². The molecule has 1 spiro atoms. The van der Waals surface area contributed by atoms with Gasteiger partial charge in [0.2, 0.25) is 0 Å². The van der Waals surface area contributed by atoms with Crippen LogP contribution in [0.4, 0.5) is 17.1 Å². The van der Waals surface area contributed by atoms with Gasteiger partial charge < -0.3 is 14.2 Å². The fourth-order valence-corrected chi connectivity index (χ4v) is 7.92. The summed E-state index contributed by atoms with van der Waals surface area (Å²) in [5, 5.41) is 2.55. The molecule has 45 heavy (non-hydrogen) atoms. The first-order chi connectivity index (χ1) is 21.8. The summed E-state index contributed by atoms with van der Waals surface area (Å²) in [4.78, 5) is 2.42. The van der Waals surface area contributed by atoms with Crippen LogP contribution in [0.1, 0.15) is 49.9 Å². The summed E-state index contributed by atoms with van der Waals surface area (Å²) in [6.07, 6.45) is 0. The standard InChI is InChI=1S/C41H34BNO2/c1-39(2)40(3,4)45-42(44-39)28-23-25-34-37(26-28)43(29-15-6-5-7-16-29)36-21-13-12-20-33(36)41(34)32-19-11-10-18-31(32)38-30-17-9-8-14-27(30)22-24-35(38)41/h5-26H,1-4H3. The highest BCUT2D eigenvalue weighted by molar-refractivity contribution is 6.62. The lowest BCUT2D eigenvalue weighted by Crippen LogP contribution is -2.41. The van der Waals surface area contributed by atoms with Crippen molar-refractivity contribution in [2.24, 2.45) is 0 Å². The van der Waals surface area contributed by atoms with Crippen LogP contribution in [0.25, 0.3) is 21.9 Å². The van der Waals surface area contributed by atoms with Gasteiger partial charge in [-0.05, 0) is 102 Å². The van der Waals surface area contributed by atoms with E-state index in [-0.39, 0.29) is 0 Å². The summed E-state index contributed by atoms with van der Waals surface area (Å²) in [6.45, 7) is 8.46. The van der Waals surface area contributed by atoms with Gasteiger partial charge in [-0.2, -0.15) is 0 Å². The summed E-state index contributed by atoms with van der Waals surface area (Å²) in [7, 11) is -0.460. The lowest BCUT2D eigenvalue weighted by atomic mass is 9.63. The van der Waals surface area contributed by atoms with Crippen LogP contribution in [0.3, 0.4) is 0 Å². The Morgan fingerprint density at radius 2 is 1.16 bits per heavy atom. The van der Waals surface area contributed by atoms with Crippen LogP contribution in [0.2, 0.25) is 0 Å². The van der Waals surface area contributed by atoms with E-state index in [1.54, 1.807) is 0 Å². The van der Waals surface area contributed by atoms with Crippen molar-refractivity contribution in [2.75, 3.05) is 4.90 Å². The predicted molar refractivity (Wildman–Crippen MR) is 185 cm³/mol. The molecular weight excluding hydrogens is 549 g/mol. The van der Waals surface area contributed by atoms with Crippen LogP contribution >= 0.6 is 0 Å². The highest BCUT2D eigenvalue weighted by Gasteiger charge is 2.54. The van der Waals surface area contributed by atoms with Gasteiger partial charge in [0.05, 0.1) is 28.0 Å². The van der Waals surface area contributed by atoms with Crippen LogP contribution in [0, 0.1) is 0 Å². The fourth-order valence-electron chi connectivity index (χ4n) is 7.92. The molecule has 6 aromatic carbocycles. The molecule has 3 aliphatic rings. The molecule has 0 saturated carbocycles. The van der Waals surface area contributed by atoms with Gasteiger partial charge in [-0.3, -0.25) is 0 Å². The normalized spacial score (nSPS) is 20.2. The number of nitrogens with zero attached hydrogens (tertiary/aromatic N) is 1. The third-order valence-electron chi connectivity index (χ3n) is 10.7. The van der Waals surface area contributed by atoms with E-state index in [2.05, 4.69) is 166 Å². The summed E-state index contributed by atoms with van der Waals surface area (Å²) >= 11 is 0. The maximum absolute atomic E-state index is 6.59. The number of fused-ring (bicyclic) bond motifs is 11. The highest BCUT2D eigenvalue weighted by Crippen LogP contribution is 2.64. The molecule has 218 valence electrons. The number of anilines is 3. The summed E-state index contributed by atoms with van der Waals surface area (Å²) in [6, 6.07) is 49.0. The van der Waals surface area contributed by atoms with Gasteiger partial charge >= 0.3 is 7.12 Å². The Hall–Kier alpha value is -4.64. The van der Waals surface area contributed by atoms with E-state index in [0.29, 0.717) is 0 Å². The molecule has 0 radical (unpaired) electrons. The van der Waals surface area contributed by atoms with Crippen LogP contribution in [0.5, 0.6) is 0 Å². The van der Waals surface area contributed by atoms with E-state index in [1.165, 1.54) is 49.8 Å². The minimum atomic E-state index is -0.498. The lowest BCUT2D eigenvalue weighted by Gasteiger charge is -2.45.